The van der Waals surface area contributed by atoms with E-state index in [-0.39, 0.29) is 0 Å². The summed E-state index contributed by atoms with van der Waals surface area (Å²) in [7, 11) is -4.50. The average Bonchev–Trinajstić information content (AvgIpc) is 2.54. The highest BCUT2D eigenvalue weighted by Gasteiger charge is 2.15. The lowest BCUT2D eigenvalue weighted by atomic mass is 9.97. The number of aliphatic hydroxyl groups is 2. The minimum absolute atomic E-state index is 0.536. The molecule has 0 bridgehead atoms. The summed E-state index contributed by atoms with van der Waals surface area (Å²) in [4.78, 5) is 16.1. The monoisotopic (exact) mass is 370 g/mol. The van der Waals surface area contributed by atoms with Crippen LogP contribution in [0.1, 0.15) is 64.2 Å². The van der Waals surface area contributed by atoms with Gasteiger partial charge in [0, 0.05) is 12.1 Å². The molecular weight excluding hydrogens is 335 g/mol. The van der Waals surface area contributed by atoms with Gasteiger partial charge in [-0.1, -0.05) is 38.5 Å². The number of rotatable bonds is 4. The van der Waals surface area contributed by atoms with Crippen molar-refractivity contribution in [2.75, 3.05) is 13.2 Å². The molecule has 0 heterocycles. The van der Waals surface area contributed by atoms with E-state index in [0.717, 1.165) is 0 Å². The molecule has 0 aromatic rings. The molecule has 2 aliphatic rings. The molecule has 0 aliphatic heterocycles. The first kappa shape index (κ1) is 23.9. The zero-order valence-electron chi connectivity index (χ0n) is 14.4. The molecule has 2 saturated carbocycles. The van der Waals surface area contributed by atoms with Crippen molar-refractivity contribution in [3.63, 3.8) is 0 Å². The standard InChI is InChI=1S/2C6H13N.C3H9O6P/c2*7-6-4-2-1-3-5-6;4-1-3(5)2-9-10(6,7)8/h2*6H,1-5,7H2;3-5H,1-2H2,(H2,6,7,8)/t;;3-/m..0/s1. The number of phosphoric acid groups is 1. The molecule has 146 valence electrons. The molecule has 0 aromatic carbocycles. The first-order chi connectivity index (χ1) is 11.2. The van der Waals surface area contributed by atoms with Gasteiger partial charge in [0.2, 0.25) is 0 Å². The van der Waals surface area contributed by atoms with Crippen LogP contribution in [0.2, 0.25) is 0 Å². The second-order valence-electron chi connectivity index (χ2n) is 6.42. The fourth-order valence-corrected chi connectivity index (χ4v) is 2.87. The third-order valence-electron chi connectivity index (χ3n) is 3.95. The summed E-state index contributed by atoms with van der Waals surface area (Å²) in [6.45, 7) is -1.15. The van der Waals surface area contributed by atoms with Gasteiger partial charge in [-0.05, 0) is 25.7 Å². The van der Waals surface area contributed by atoms with Gasteiger partial charge < -0.3 is 31.5 Å². The summed E-state index contributed by atoms with van der Waals surface area (Å²) in [5, 5.41) is 16.7. The first-order valence-electron chi connectivity index (χ1n) is 8.74. The summed E-state index contributed by atoms with van der Waals surface area (Å²) in [5.74, 6) is 0. The average molecular weight is 370 g/mol. The largest absolute Gasteiger partial charge is 0.469 e. The van der Waals surface area contributed by atoms with E-state index < -0.39 is 27.1 Å². The van der Waals surface area contributed by atoms with Crippen molar-refractivity contribution in [3.05, 3.63) is 0 Å². The summed E-state index contributed by atoms with van der Waals surface area (Å²) in [6.07, 6.45) is 12.1. The van der Waals surface area contributed by atoms with Crippen molar-refractivity contribution >= 4 is 7.82 Å². The maximum atomic E-state index is 9.93. The molecule has 0 radical (unpaired) electrons. The van der Waals surface area contributed by atoms with Gasteiger partial charge in [0.25, 0.3) is 0 Å². The first-order valence-corrected chi connectivity index (χ1v) is 10.3. The van der Waals surface area contributed by atoms with Gasteiger partial charge in [0.1, 0.15) is 6.10 Å². The van der Waals surface area contributed by atoms with Crippen LogP contribution in [-0.4, -0.2) is 51.4 Å². The Hall–Kier alpha value is -0.0500. The van der Waals surface area contributed by atoms with Gasteiger partial charge in [-0.15, -0.1) is 0 Å². The molecule has 8 nitrogen and oxygen atoms in total. The van der Waals surface area contributed by atoms with Gasteiger partial charge >= 0.3 is 7.82 Å². The third-order valence-corrected chi connectivity index (χ3v) is 4.43. The second-order valence-corrected chi connectivity index (χ2v) is 7.66. The third kappa shape index (κ3) is 16.8. The Bertz CT molecular complexity index is 314. The van der Waals surface area contributed by atoms with E-state index in [0.29, 0.717) is 12.1 Å². The van der Waals surface area contributed by atoms with Crippen molar-refractivity contribution in [2.45, 2.75) is 82.4 Å². The smallest absolute Gasteiger partial charge is 0.394 e. The summed E-state index contributed by atoms with van der Waals surface area (Å²) in [5.41, 5.74) is 11.3. The summed E-state index contributed by atoms with van der Waals surface area (Å²) < 4.78 is 13.8. The molecule has 1 atom stereocenters. The van der Waals surface area contributed by atoms with Crippen LogP contribution < -0.4 is 11.5 Å². The Morgan fingerprint density at radius 1 is 0.917 bits per heavy atom. The number of hydrogen-bond donors (Lipinski definition) is 6. The highest BCUT2D eigenvalue weighted by atomic mass is 31.2. The van der Waals surface area contributed by atoms with Crippen LogP contribution in [0, 0.1) is 0 Å². The Kier molecular flexibility index (Phi) is 14.1. The molecule has 24 heavy (non-hydrogen) atoms. The van der Waals surface area contributed by atoms with Crippen molar-refractivity contribution in [1.29, 1.82) is 0 Å². The van der Waals surface area contributed by atoms with E-state index in [2.05, 4.69) is 4.52 Å². The van der Waals surface area contributed by atoms with Gasteiger partial charge in [-0.3, -0.25) is 4.52 Å². The number of hydrogen-bond acceptors (Lipinski definition) is 6. The Morgan fingerprint density at radius 3 is 1.50 bits per heavy atom. The van der Waals surface area contributed by atoms with Crippen LogP contribution >= 0.6 is 7.82 Å². The van der Waals surface area contributed by atoms with E-state index in [9.17, 15) is 4.57 Å². The Balaban J connectivity index is 0.000000337. The normalized spacial score (nSPS) is 21.1. The van der Waals surface area contributed by atoms with Crippen LogP contribution in [0.3, 0.4) is 0 Å². The fraction of sp³-hybridized carbons (Fsp3) is 1.00. The minimum Gasteiger partial charge on any atom is -0.394 e. The van der Waals surface area contributed by atoms with E-state index >= 15 is 0 Å². The lowest BCUT2D eigenvalue weighted by molar-refractivity contribution is 0.0419. The second kappa shape index (κ2) is 14.2. The molecule has 2 rings (SSSR count). The zero-order valence-corrected chi connectivity index (χ0v) is 15.3. The van der Waals surface area contributed by atoms with E-state index in [4.69, 9.17) is 31.5 Å². The SMILES string of the molecule is NC1CCCCC1.NC1CCCCC1.O=P(O)(O)OC[C@@H](O)CO. The highest BCUT2D eigenvalue weighted by Crippen LogP contribution is 2.35. The van der Waals surface area contributed by atoms with Crippen molar-refractivity contribution in [1.82, 2.24) is 0 Å². The molecule has 0 amide bonds. The zero-order chi connectivity index (χ0) is 18.4. The number of nitrogens with two attached hydrogens (primary N) is 2. The van der Waals surface area contributed by atoms with Crippen molar-refractivity contribution in [2.24, 2.45) is 11.5 Å². The predicted octanol–water partition coefficient (Wildman–Crippen LogP) is 1.00. The van der Waals surface area contributed by atoms with Crippen LogP contribution in [-0.2, 0) is 9.09 Å². The number of phosphoric ester groups is 1. The molecule has 0 spiro atoms. The van der Waals surface area contributed by atoms with Crippen LogP contribution in [0.15, 0.2) is 0 Å². The summed E-state index contributed by atoms with van der Waals surface area (Å²) in [6, 6.07) is 1.07. The van der Waals surface area contributed by atoms with Crippen molar-refractivity contribution in [3.8, 4) is 0 Å². The molecule has 9 heteroatoms. The lowest BCUT2D eigenvalue weighted by Gasteiger charge is -2.15. The Labute approximate surface area is 144 Å². The van der Waals surface area contributed by atoms with E-state index in [1.165, 1.54) is 64.2 Å². The van der Waals surface area contributed by atoms with E-state index in [1.807, 2.05) is 0 Å². The number of aliphatic hydroxyl groups excluding tert-OH is 2. The lowest BCUT2D eigenvalue weighted by Crippen LogP contribution is -2.22. The molecular formula is C15H35N2O6P. The van der Waals surface area contributed by atoms with Crippen LogP contribution in [0.4, 0.5) is 0 Å². The quantitative estimate of drug-likeness (QED) is 0.400. The van der Waals surface area contributed by atoms with Gasteiger partial charge in [-0.2, -0.15) is 0 Å². The van der Waals surface area contributed by atoms with Gasteiger partial charge in [-0.25, -0.2) is 4.57 Å². The summed E-state index contributed by atoms with van der Waals surface area (Å²) >= 11 is 0. The molecule has 2 aliphatic carbocycles. The van der Waals surface area contributed by atoms with Crippen LogP contribution in [0.5, 0.6) is 0 Å². The molecule has 0 unspecified atom stereocenters. The maximum absolute atomic E-state index is 9.93. The minimum atomic E-state index is -4.50. The Morgan fingerprint density at radius 2 is 1.29 bits per heavy atom. The molecule has 0 saturated heterocycles. The maximum Gasteiger partial charge on any atom is 0.469 e. The molecule has 2 fully saturated rings. The van der Waals surface area contributed by atoms with E-state index in [1.54, 1.807) is 0 Å². The molecule has 8 N–H and O–H groups in total. The highest BCUT2D eigenvalue weighted by molar-refractivity contribution is 7.46. The van der Waals surface area contributed by atoms with Gasteiger partial charge in [0.05, 0.1) is 13.2 Å². The fourth-order valence-electron chi connectivity index (χ4n) is 2.50. The van der Waals surface area contributed by atoms with Crippen molar-refractivity contribution < 1.29 is 29.1 Å². The predicted molar refractivity (Wildman–Crippen MR) is 93.2 cm³/mol. The van der Waals surface area contributed by atoms with Gasteiger partial charge in [0.15, 0.2) is 0 Å². The van der Waals surface area contributed by atoms with Crippen LogP contribution in [0.25, 0.3) is 0 Å². The topological polar surface area (TPSA) is 159 Å². The molecule has 0 aromatic heterocycles.